The van der Waals surface area contributed by atoms with Crippen molar-refractivity contribution in [1.82, 2.24) is 35.2 Å². The van der Waals surface area contributed by atoms with E-state index in [1.165, 1.54) is 11.1 Å². The number of piperidine rings is 1. The summed E-state index contributed by atoms with van der Waals surface area (Å²) in [6.07, 6.45) is 3.89. The van der Waals surface area contributed by atoms with E-state index >= 15 is 4.39 Å². The number of nitrogens with one attached hydrogen (secondary N) is 2. The maximum absolute atomic E-state index is 15.4. The average molecular weight is 550 g/mol. The number of fused-ring (bicyclic) bond motifs is 3. The number of carbonyl (C=O) groups excluding carboxylic acids is 2. The zero-order valence-corrected chi connectivity index (χ0v) is 21.7. The van der Waals surface area contributed by atoms with Crippen molar-refractivity contribution in [3.63, 3.8) is 0 Å². The van der Waals surface area contributed by atoms with E-state index in [1.807, 2.05) is 6.07 Å². The lowest BCUT2D eigenvalue weighted by Gasteiger charge is -2.38. The first-order chi connectivity index (χ1) is 19.4. The monoisotopic (exact) mass is 549 g/mol. The van der Waals surface area contributed by atoms with E-state index in [0.29, 0.717) is 48.6 Å². The van der Waals surface area contributed by atoms with Crippen LogP contribution in [0.5, 0.6) is 5.88 Å². The summed E-state index contributed by atoms with van der Waals surface area (Å²) in [4.78, 5) is 38.5. The van der Waals surface area contributed by atoms with Crippen LogP contribution in [-0.4, -0.2) is 93.3 Å². The molecule has 1 aliphatic carbocycles. The topological polar surface area (TPSA) is 140 Å². The van der Waals surface area contributed by atoms with Gasteiger partial charge >= 0.3 is 6.09 Å². The molecule has 4 aliphatic heterocycles. The molecule has 2 amide bonds. The second kappa shape index (κ2) is 8.80. The number of amides is 2. The molecule has 0 saturated carbocycles. The molecule has 40 heavy (non-hydrogen) atoms. The molecule has 208 valence electrons. The van der Waals surface area contributed by atoms with E-state index in [9.17, 15) is 9.59 Å². The highest BCUT2D eigenvalue weighted by Gasteiger charge is 2.48. The number of ether oxygens (including phenoxy) is 2. The first-order valence-corrected chi connectivity index (χ1v) is 13.7. The smallest absolute Gasteiger partial charge is 0.416 e. The molecular weight excluding hydrogens is 521 g/mol. The Morgan fingerprint density at radius 2 is 2.00 bits per heavy atom. The van der Waals surface area contributed by atoms with Crippen LogP contribution in [0.4, 0.5) is 20.8 Å². The second-order valence-electron chi connectivity index (χ2n) is 11.5. The van der Waals surface area contributed by atoms with Crippen molar-refractivity contribution in [3.8, 4) is 5.88 Å². The van der Waals surface area contributed by atoms with Crippen LogP contribution in [0.2, 0.25) is 0 Å². The summed E-state index contributed by atoms with van der Waals surface area (Å²) in [6.45, 7) is 4.31. The van der Waals surface area contributed by atoms with Gasteiger partial charge in [0.05, 0.1) is 18.8 Å². The summed E-state index contributed by atoms with van der Waals surface area (Å²) in [7, 11) is 0. The number of nitrogens with zero attached hydrogens (tertiary/aromatic N) is 7. The third-order valence-corrected chi connectivity index (χ3v) is 8.77. The Kier molecular flexibility index (Phi) is 5.26. The number of benzene rings is 1. The van der Waals surface area contributed by atoms with Gasteiger partial charge in [0.25, 0.3) is 11.8 Å². The summed E-state index contributed by atoms with van der Waals surface area (Å²) >= 11 is 0. The molecule has 1 spiro atoms. The molecule has 3 saturated heterocycles. The van der Waals surface area contributed by atoms with E-state index in [4.69, 9.17) is 9.47 Å². The van der Waals surface area contributed by atoms with Crippen LogP contribution in [0.25, 0.3) is 11.0 Å². The standard InChI is InChI=1S/C26H28FN9O4/c27-21-17-6-14(5-15(17)7-18-22(21)33-36(32-18)16-8-28-9-16)11-34-3-1-26(2-4-34)13-35(25(38)40-26)19-10-29-24-23(30-19)31-20(37)12-39-24/h7,10,14,16,28H,1-6,8-9,11-13H2,(H,30,31,37). The summed E-state index contributed by atoms with van der Waals surface area (Å²) in [5.41, 5.74) is 2.22. The maximum atomic E-state index is 15.4. The Balaban J connectivity index is 0.905. The molecule has 3 fully saturated rings. The number of rotatable bonds is 4. The zero-order valence-electron chi connectivity index (χ0n) is 21.7. The third kappa shape index (κ3) is 3.88. The van der Waals surface area contributed by atoms with Gasteiger partial charge in [0.15, 0.2) is 24.1 Å². The number of carbonyl (C=O) groups is 2. The maximum Gasteiger partial charge on any atom is 0.416 e. The molecule has 1 atom stereocenters. The Labute approximate surface area is 228 Å². The lowest BCUT2D eigenvalue weighted by atomic mass is 9.90. The summed E-state index contributed by atoms with van der Waals surface area (Å²) in [5, 5.41) is 14.8. The van der Waals surface area contributed by atoms with Crippen molar-refractivity contribution < 1.29 is 23.5 Å². The van der Waals surface area contributed by atoms with Crippen molar-refractivity contribution in [2.24, 2.45) is 5.92 Å². The molecule has 2 N–H and O–H groups in total. The number of hydrogen-bond acceptors (Lipinski definition) is 10. The van der Waals surface area contributed by atoms with E-state index < -0.39 is 11.7 Å². The van der Waals surface area contributed by atoms with Crippen molar-refractivity contribution in [1.29, 1.82) is 0 Å². The van der Waals surface area contributed by atoms with Crippen LogP contribution >= 0.6 is 0 Å². The quantitative estimate of drug-likeness (QED) is 0.485. The molecule has 1 aromatic carbocycles. The molecule has 6 heterocycles. The predicted octanol–water partition coefficient (Wildman–Crippen LogP) is 1.04. The van der Waals surface area contributed by atoms with Crippen molar-refractivity contribution >= 4 is 34.7 Å². The Morgan fingerprint density at radius 1 is 1.15 bits per heavy atom. The number of anilines is 2. The number of likely N-dealkylation sites (tertiary alicyclic amines) is 1. The fraction of sp³-hybridized carbons (Fsp3) is 0.538. The molecule has 14 heteroatoms. The minimum Gasteiger partial charge on any atom is -0.465 e. The molecule has 2 aromatic heterocycles. The van der Waals surface area contributed by atoms with Crippen molar-refractivity contribution in [2.75, 3.05) is 56.1 Å². The van der Waals surface area contributed by atoms with Crippen LogP contribution in [0.15, 0.2) is 12.3 Å². The summed E-state index contributed by atoms with van der Waals surface area (Å²) in [6, 6.07) is 2.22. The zero-order chi connectivity index (χ0) is 27.0. The van der Waals surface area contributed by atoms with Gasteiger partial charge in [-0.15, -0.1) is 5.10 Å². The van der Waals surface area contributed by atoms with Gasteiger partial charge in [-0.1, -0.05) is 0 Å². The molecule has 5 aliphatic rings. The normalized spacial score (nSPS) is 24.0. The molecule has 13 nitrogen and oxygen atoms in total. The van der Waals surface area contributed by atoms with Crippen LogP contribution in [-0.2, 0) is 22.4 Å². The minimum absolute atomic E-state index is 0.112. The number of hydrogen-bond donors (Lipinski definition) is 2. The van der Waals surface area contributed by atoms with Crippen molar-refractivity contribution in [2.45, 2.75) is 37.3 Å². The van der Waals surface area contributed by atoms with Crippen LogP contribution in [0, 0.1) is 11.7 Å². The first kappa shape index (κ1) is 23.9. The van der Waals surface area contributed by atoms with Crippen LogP contribution in [0.1, 0.15) is 30.0 Å². The first-order valence-electron chi connectivity index (χ1n) is 13.7. The summed E-state index contributed by atoms with van der Waals surface area (Å²) in [5.74, 6) is 0.528. The Hall–Kier alpha value is -3.91. The van der Waals surface area contributed by atoms with Gasteiger partial charge in [-0.25, -0.2) is 19.2 Å². The van der Waals surface area contributed by atoms with Crippen LogP contribution in [0.3, 0.4) is 0 Å². The van der Waals surface area contributed by atoms with Gasteiger partial charge in [0.2, 0.25) is 0 Å². The second-order valence-corrected chi connectivity index (χ2v) is 11.5. The molecule has 0 radical (unpaired) electrons. The SMILES string of the molecule is O=C1COc2ncc(N3CC4(CCN(CC5Cc6cc7nn(C8CNC8)nc7c(F)c6C5)CC4)OC3=O)nc2N1. The predicted molar refractivity (Wildman–Crippen MR) is 139 cm³/mol. The summed E-state index contributed by atoms with van der Waals surface area (Å²) < 4.78 is 26.6. The van der Waals surface area contributed by atoms with E-state index in [0.717, 1.165) is 50.3 Å². The Morgan fingerprint density at radius 3 is 2.80 bits per heavy atom. The van der Waals surface area contributed by atoms with Gasteiger partial charge < -0.3 is 25.0 Å². The number of aromatic nitrogens is 5. The lowest BCUT2D eigenvalue weighted by molar-refractivity contribution is -0.118. The molecule has 1 unspecified atom stereocenters. The van der Waals surface area contributed by atoms with E-state index in [2.05, 4.69) is 35.7 Å². The minimum atomic E-state index is -0.596. The Bertz CT molecular complexity index is 1550. The third-order valence-electron chi connectivity index (χ3n) is 8.77. The average Bonchev–Trinajstić information content (AvgIpc) is 3.60. The van der Waals surface area contributed by atoms with Crippen LogP contribution < -0.4 is 20.3 Å². The van der Waals surface area contributed by atoms with Gasteiger partial charge in [-0.2, -0.15) is 9.90 Å². The lowest BCUT2D eigenvalue weighted by Crippen LogP contribution is -2.48. The van der Waals surface area contributed by atoms with Gasteiger partial charge in [-0.3, -0.25) is 9.69 Å². The van der Waals surface area contributed by atoms with E-state index in [1.54, 1.807) is 4.80 Å². The molecule has 8 rings (SSSR count). The highest BCUT2D eigenvalue weighted by Crippen LogP contribution is 2.38. The fourth-order valence-corrected chi connectivity index (χ4v) is 6.48. The molecule has 0 bridgehead atoms. The van der Waals surface area contributed by atoms with Gasteiger partial charge in [0, 0.05) is 45.6 Å². The fourth-order valence-electron chi connectivity index (χ4n) is 6.48. The molecular formula is C26H28FN9O4. The van der Waals surface area contributed by atoms with Gasteiger partial charge in [0.1, 0.15) is 16.6 Å². The van der Waals surface area contributed by atoms with Gasteiger partial charge in [-0.05, 0) is 36.0 Å². The van der Waals surface area contributed by atoms with Crippen molar-refractivity contribution in [3.05, 3.63) is 29.2 Å². The largest absolute Gasteiger partial charge is 0.465 e. The number of halogens is 1. The highest BCUT2D eigenvalue weighted by atomic mass is 19.1. The molecule has 3 aromatic rings. The van der Waals surface area contributed by atoms with E-state index in [-0.39, 0.29) is 36.1 Å². The highest BCUT2D eigenvalue weighted by molar-refractivity contribution is 5.94.